The van der Waals surface area contributed by atoms with Gasteiger partial charge in [-0.25, -0.2) is 0 Å². The van der Waals surface area contributed by atoms with E-state index in [4.69, 9.17) is 9.47 Å². The molecule has 4 nitrogen and oxygen atoms in total. The number of benzene rings is 2. The van der Waals surface area contributed by atoms with E-state index in [1.54, 1.807) is 7.11 Å². The number of likely N-dealkylation sites (tertiary alicyclic amines) is 1. The summed E-state index contributed by atoms with van der Waals surface area (Å²) in [5.41, 5.74) is 3.74. The number of carbonyl (C=O) groups is 1. The maximum absolute atomic E-state index is 13.4. The lowest BCUT2D eigenvalue weighted by atomic mass is 9.80. The molecule has 0 aromatic heterocycles. The Morgan fingerprint density at radius 3 is 2.55 bits per heavy atom. The second kappa shape index (κ2) is 10.6. The lowest BCUT2D eigenvalue weighted by Gasteiger charge is -2.39. The molecule has 178 valence electrons. The van der Waals surface area contributed by atoms with Gasteiger partial charge in [-0.3, -0.25) is 4.79 Å². The van der Waals surface area contributed by atoms with E-state index in [1.165, 1.54) is 29.5 Å². The van der Waals surface area contributed by atoms with Crippen LogP contribution in [-0.2, 0) is 11.2 Å². The van der Waals surface area contributed by atoms with Gasteiger partial charge in [0.15, 0.2) is 11.5 Å². The van der Waals surface area contributed by atoms with Gasteiger partial charge in [0.2, 0.25) is 5.91 Å². The van der Waals surface area contributed by atoms with Crippen molar-refractivity contribution in [1.29, 1.82) is 0 Å². The molecule has 0 bridgehead atoms. The zero-order chi connectivity index (χ0) is 23.4. The van der Waals surface area contributed by atoms with Gasteiger partial charge in [0.25, 0.3) is 0 Å². The zero-order valence-corrected chi connectivity index (χ0v) is 20.7. The predicted octanol–water partition coefficient (Wildman–Crippen LogP) is 6.16. The number of piperidine rings is 1. The van der Waals surface area contributed by atoms with E-state index in [0.717, 1.165) is 50.3 Å². The molecular weight excluding hydrogens is 410 g/mol. The highest BCUT2D eigenvalue weighted by Crippen LogP contribution is 2.38. The highest BCUT2D eigenvalue weighted by atomic mass is 16.5. The number of rotatable bonds is 8. The standard InChI is InChI=1S/C29H39NO3/c1-20(2)18-30-19-25(16-24(29(30)31)15-22-9-7-8-21(3)14-22)23-12-13-27(32-4)28(17-23)33-26-10-5-6-11-26/h7-9,12-14,17,20,24-26H,5-6,10-11,15-16,18-19H2,1-4H3/t24-,25-/m1/s1. The van der Waals surface area contributed by atoms with Gasteiger partial charge in [0, 0.05) is 24.9 Å². The van der Waals surface area contributed by atoms with E-state index in [9.17, 15) is 4.79 Å². The third-order valence-electron chi connectivity index (χ3n) is 7.08. The molecule has 4 rings (SSSR count). The summed E-state index contributed by atoms with van der Waals surface area (Å²) in [5, 5.41) is 0. The van der Waals surface area contributed by atoms with E-state index < -0.39 is 0 Å². The Morgan fingerprint density at radius 2 is 1.85 bits per heavy atom. The summed E-state index contributed by atoms with van der Waals surface area (Å²) >= 11 is 0. The van der Waals surface area contributed by atoms with Crippen LogP contribution in [0.4, 0.5) is 0 Å². The third-order valence-corrected chi connectivity index (χ3v) is 7.08. The molecule has 1 heterocycles. The van der Waals surface area contributed by atoms with Crippen LogP contribution in [0, 0.1) is 18.8 Å². The summed E-state index contributed by atoms with van der Waals surface area (Å²) in [7, 11) is 1.71. The SMILES string of the molecule is COc1ccc([C@@H]2C[C@@H](Cc3cccc(C)c3)C(=O)N(CC(C)C)C2)cc1OC1CCCC1. The molecule has 2 aromatic carbocycles. The van der Waals surface area contributed by atoms with Gasteiger partial charge in [-0.05, 0) is 74.6 Å². The van der Waals surface area contributed by atoms with Crippen LogP contribution in [0.3, 0.4) is 0 Å². The molecule has 2 aromatic rings. The molecular formula is C29H39NO3. The van der Waals surface area contributed by atoms with Crippen molar-refractivity contribution in [2.75, 3.05) is 20.2 Å². The van der Waals surface area contributed by atoms with Crippen LogP contribution in [0.15, 0.2) is 42.5 Å². The minimum absolute atomic E-state index is 0.00519. The van der Waals surface area contributed by atoms with Crippen molar-refractivity contribution in [2.24, 2.45) is 11.8 Å². The van der Waals surface area contributed by atoms with E-state index in [2.05, 4.69) is 62.1 Å². The molecule has 0 unspecified atom stereocenters. The van der Waals surface area contributed by atoms with Gasteiger partial charge >= 0.3 is 0 Å². The number of ether oxygens (including phenoxy) is 2. The van der Waals surface area contributed by atoms with Gasteiger partial charge in [0.05, 0.1) is 13.2 Å². The highest BCUT2D eigenvalue weighted by molar-refractivity contribution is 5.80. The molecule has 1 saturated heterocycles. The molecule has 1 aliphatic carbocycles. The minimum Gasteiger partial charge on any atom is -0.493 e. The van der Waals surface area contributed by atoms with Crippen molar-refractivity contribution in [2.45, 2.75) is 71.3 Å². The van der Waals surface area contributed by atoms with Crippen LogP contribution < -0.4 is 9.47 Å². The summed E-state index contributed by atoms with van der Waals surface area (Å²) < 4.78 is 12.0. The van der Waals surface area contributed by atoms with Crippen LogP contribution in [0.5, 0.6) is 11.5 Å². The summed E-state index contributed by atoms with van der Waals surface area (Å²) in [6, 6.07) is 15.0. The molecule has 1 amide bonds. The van der Waals surface area contributed by atoms with Crippen LogP contribution in [0.2, 0.25) is 0 Å². The first kappa shape index (κ1) is 23.7. The number of hydrogen-bond acceptors (Lipinski definition) is 3. The molecule has 0 spiro atoms. The molecule has 2 fully saturated rings. The Labute approximate surface area is 199 Å². The summed E-state index contributed by atoms with van der Waals surface area (Å²) in [4.78, 5) is 15.5. The second-order valence-electron chi connectivity index (χ2n) is 10.4. The molecule has 0 radical (unpaired) electrons. The van der Waals surface area contributed by atoms with Crippen LogP contribution in [0.1, 0.15) is 68.6 Å². The van der Waals surface area contributed by atoms with E-state index in [1.807, 2.05) is 6.07 Å². The zero-order valence-electron chi connectivity index (χ0n) is 20.7. The number of hydrogen-bond donors (Lipinski definition) is 0. The van der Waals surface area contributed by atoms with E-state index in [-0.39, 0.29) is 12.0 Å². The average Bonchev–Trinajstić information content (AvgIpc) is 3.29. The van der Waals surface area contributed by atoms with E-state index in [0.29, 0.717) is 17.7 Å². The van der Waals surface area contributed by atoms with Crippen molar-refractivity contribution in [3.8, 4) is 11.5 Å². The van der Waals surface area contributed by atoms with Gasteiger partial charge in [-0.2, -0.15) is 0 Å². The number of amides is 1. The monoisotopic (exact) mass is 449 g/mol. The molecule has 2 atom stereocenters. The van der Waals surface area contributed by atoms with Crippen LogP contribution >= 0.6 is 0 Å². The Morgan fingerprint density at radius 1 is 1.06 bits per heavy atom. The van der Waals surface area contributed by atoms with Gasteiger partial charge in [-0.1, -0.05) is 49.7 Å². The number of nitrogens with zero attached hydrogens (tertiary/aromatic N) is 1. The Kier molecular flexibility index (Phi) is 7.62. The molecule has 4 heteroatoms. The maximum Gasteiger partial charge on any atom is 0.226 e. The predicted molar refractivity (Wildman–Crippen MR) is 133 cm³/mol. The fourth-order valence-electron chi connectivity index (χ4n) is 5.50. The molecule has 1 saturated carbocycles. The lowest BCUT2D eigenvalue weighted by Crippen LogP contribution is -2.46. The maximum atomic E-state index is 13.4. The average molecular weight is 450 g/mol. The quantitative estimate of drug-likeness (QED) is 0.485. The molecule has 2 aliphatic rings. The van der Waals surface area contributed by atoms with Crippen LogP contribution in [0.25, 0.3) is 0 Å². The van der Waals surface area contributed by atoms with Crippen molar-refractivity contribution < 1.29 is 14.3 Å². The van der Waals surface area contributed by atoms with Gasteiger partial charge in [-0.15, -0.1) is 0 Å². The fraction of sp³-hybridized carbons (Fsp3) is 0.552. The third kappa shape index (κ3) is 5.90. The summed E-state index contributed by atoms with van der Waals surface area (Å²) in [6.45, 7) is 8.07. The van der Waals surface area contributed by atoms with Crippen molar-refractivity contribution in [1.82, 2.24) is 4.90 Å². The summed E-state index contributed by atoms with van der Waals surface area (Å²) in [5.74, 6) is 2.71. The van der Waals surface area contributed by atoms with Gasteiger partial charge < -0.3 is 14.4 Å². The normalized spacial score (nSPS) is 21.6. The first-order chi connectivity index (χ1) is 15.9. The number of methoxy groups -OCH3 is 1. The lowest BCUT2D eigenvalue weighted by molar-refractivity contribution is -0.139. The van der Waals surface area contributed by atoms with Gasteiger partial charge in [0.1, 0.15) is 0 Å². The van der Waals surface area contributed by atoms with E-state index >= 15 is 0 Å². The number of carbonyl (C=O) groups excluding carboxylic acids is 1. The first-order valence-electron chi connectivity index (χ1n) is 12.6. The van der Waals surface area contributed by atoms with Crippen molar-refractivity contribution in [3.05, 3.63) is 59.2 Å². The molecule has 0 N–H and O–H groups in total. The Bertz CT molecular complexity index is 948. The Balaban J connectivity index is 1.59. The molecule has 33 heavy (non-hydrogen) atoms. The summed E-state index contributed by atoms with van der Waals surface area (Å²) in [6.07, 6.45) is 6.67. The van der Waals surface area contributed by atoms with Crippen LogP contribution in [-0.4, -0.2) is 37.1 Å². The first-order valence-corrected chi connectivity index (χ1v) is 12.6. The molecule has 1 aliphatic heterocycles. The van der Waals surface area contributed by atoms with Crippen molar-refractivity contribution in [3.63, 3.8) is 0 Å². The largest absolute Gasteiger partial charge is 0.493 e. The topological polar surface area (TPSA) is 38.8 Å². The van der Waals surface area contributed by atoms with Crippen molar-refractivity contribution >= 4 is 5.91 Å². The highest BCUT2D eigenvalue weighted by Gasteiger charge is 2.35. The second-order valence-corrected chi connectivity index (χ2v) is 10.4. The fourth-order valence-corrected chi connectivity index (χ4v) is 5.50. The smallest absolute Gasteiger partial charge is 0.226 e. The number of aryl methyl sites for hydroxylation is 1. The minimum atomic E-state index is 0.00519. The Hall–Kier alpha value is -2.49.